The average molecular weight is 413 g/mol. The summed E-state index contributed by atoms with van der Waals surface area (Å²) >= 11 is 0. The molecular weight excluding hydrogens is 381 g/mol. The van der Waals surface area contributed by atoms with Crippen LogP contribution in [0.2, 0.25) is 0 Å². The number of aliphatic hydroxyl groups excluding tert-OH is 1. The largest absolute Gasteiger partial charge is 0.389 e. The third-order valence-electron chi connectivity index (χ3n) is 3.18. The molecule has 1 aliphatic carbocycles. The molecule has 0 amide bonds. The average Bonchev–Trinajstić information content (AvgIpc) is 3.19. The predicted molar refractivity (Wildman–Crippen MR) is 98.4 cm³/mol. The fourth-order valence-electron chi connectivity index (χ4n) is 1.73. The fourth-order valence-corrected chi connectivity index (χ4v) is 1.73. The van der Waals surface area contributed by atoms with E-state index in [1.54, 1.807) is 0 Å². The molecule has 0 saturated heterocycles. The summed E-state index contributed by atoms with van der Waals surface area (Å²) in [4.78, 5) is 4.39. The SMILES string of the molecule is CCNC(=NCC(O)COCC1CC1)NCCC(C)C.I. The summed E-state index contributed by atoms with van der Waals surface area (Å²) in [5.41, 5.74) is 0. The smallest absolute Gasteiger partial charge is 0.191 e. The number of hydrogen-bond acceptors (Lipinski definition) is 3. The van der Waals surface area contributed by atoms with E-state index in [0.29, 0.717) is 19.1 Å². The number of halogens is 1. The van der Waals surface area contributed by atoms with Crippen molar-refractivity contribution >= 4 is 29.9 Å². The van der Waals surface area contributed by atoms with Gasteiger partial charge in [0.05, 0.1) is 19.3 Å². The van der Waals surface area contributed by atoms with Crippen molar-refractivity contribution in [2.24, 2.45) is 16.8 Å². The van der Waals surface area contributed by atoms with Crippen LogP contribution in [-0.4, -0.2) is 50.0 Å². The Hall–Kier alpha value is -0.0800. The van der Waals surface area contributed by atoms with Crippen LogP contribution in [-0.2, 0) is 4.74 Å². The summed E-state index contributed by atoms with van der Waals surface area (Å²) in [6.07, 6.45) is 3.14. The minimum atomic E-state index is -0.519. The lowest BCUT2D eigenvalue weighted by atomic mass is 10.1. The van der Waals surface area contributed by atoms with Crippen LogP contribution in [0.3, 0.4) is 0 Å². The van der Waals surface area contributed by atoms with Crippen LogP contribution in [0.25, 0.3) is 0 Å². The van der Waals surface area contributed by atoms with Crippen LogP contribution in [0, 0.1) is 11.8 Å². The van der Waals surface area contributed by atoms with E-state index in [-0.39, 0.29) is 24.0 Å². The molecule has 1 saturated carbocycles. The Morgan fingerprint density at radius 3 is 2.62 bits per heavy atom. The molecule has 126 valence electrons. The van der Waals surface area contributed by atoms with Gasteiger partial charge in [-0.15, -0.1) is 24.0 Å². The molecule has 0 aromatic heterocycles. The zero-order chi connectivity index (χ0) is 14.8. The minimum absolute atomic E-state index is 0. The summed E-state index contributed by atoms with van der Waals surface area (Å²) in [5, 5.41) is 16.3. The van der Waals surface area contributed by atoms with Gasteiger partial charge in [0.25, 0.3) is 0 Å². The Balaban J connectivity index is 0.00000400. The first-order valence-electron chi connectivity index (χ1n) is 7.89. The van der Waals surface area contributed by atoms with Crippen molar-refractivity contribution in [3.8, 4) is 0 Å². The van der Waals surface area contributed by atoms with Gasteiger partial charge >= 0.3 is 0 Å². The molecule has 3 N–H and O–H groups in total. The highest BCUT2D eigenvalue weighted by Gasteiger charge is 2.21. The van der Waals surface area contributed by atoms with E-state index in [1.807, 2.05) is 6.92 Å². The lowest BCUT2D eigenvalue weighted by Gasteiger charge is -2.14. The maximum Gasteiger partial charge on any atom is 0.191 e. The predicted octanol–water partition coefficient (Wildman–Crippen LogP) is 1.99. The molecule has 0 bridgehead atoms. The lowest BCUT2D eigenvalue weighted by molar-refractivity contribution is 0.0368. The molecular formula is C15H32IN3O2. The van der Waals surface area contributed by atoms with Crippen LogP contribution in [0.5, 0.6) is 0 Å². The molecule has 0 radical (unpaired) electrons. The van der Waals surface area contributed by atoms with Gasteiger partial charge in [-0.3, -0.25) is 4.99 Å². The highest BCUT2D eigenvalue weighted by atomic mass is 127. The van der Waals surface area contributed by atoms with Crippen LogP contribution < -0.4 is 10.6 Å². The Bertz CT molecular complexity index is 284. The summed E-state index contributed by atoms with van der Waals surface area (Å²) in [6, 6.07) is 0. The number of rotatable bonds is 10. The van der Waals surface area contributed by atoms with Crippen LogP contribution in [0.15, 0.2) is 4.99 Å². The summed E-state index contributed by atoms with van der Waals surface area (Å²) in [5.74, 6) is 2.18. The Kier molecular flexibility index (Phi) is 12.4. The molecule has 0 aromatic carbocycles. The minimum Gasteiger partial charge on any atom is -0.389 e. The number of guanidine groups is 1. The van der Waals surface area contributed by atoms with E-state index < -0.39 is 6.10 Å². The number of hydrogen-bond donors (Lipinski definition) is 3. The number of aliphatic imine (C=N–C) groups is 1. The van der Waals surface area contributed by atoms with Crippen LogP contribution in [0.1, 0.15) is 40.0 Å². The van der Waals surface area contributed by atoms with E-state index in [0.717, 1.165) is 38.0 Å². The second-order valence-electron chi connectivity index (χ2n) is 5.96. The molecule has 1 rings (SSSR count). The second-order valence-corrected chi connectivity index (χ2v) is 5.96. The Morgan fingerprint density at radius 2 is 2.05 bits per heavy atom. The maximum atomic E-state index is 9.83. The monoisotopic (exact) mass is 413 g/mol. The molecule has 1 aliphatic rings. The van der Waals surface area contributed by atoms with E-state index in [2.05, 4.69) is 29.5 Å². The van der Waals surface area contributed by atoms with Crippen molar-refractivity contribution in [3.05, 3.63) is 0 Å². The van der Waals surface area contributed by atoms with Gasteiger partial charge in [-0.2, -0.15) is 0 Å². The van der Waals surface area contributed by atoms with E-state index >= 15 is 0 Å². The van der Waals surface area contributed by atoms with E-state index in [4.69, 9.17) is 4.74 Å². The molecule has 0 aliphatic heterocycles. The molecule has 1 fully saturated rings. The van der Waals surface area contributed by atoms with Crippen molar-refractivity contribution in [2.45, 2.75) is 46.1 Å². The fraction of sp³-hybridized carbons (Fsp3) is 0.933. The second kappa shape index (κ2) is 12.5. The number of aliphatic hydroxyl groups is 1. The maximum absolute atomic E-state index is 9.83. The molecule has 6 heteroatoms. The van der Waals surface area contributed by atoms with Gasteiger partial charge in [-0.05, 0) is 38.0 Å². The zero-order valence-electron chi connectivity index (χ0n) is 13.6. The van der Waals surface area contributed by atoms with Gasteiger partial charge in [0, 0.05) is 19.7 Å². The number of nitrogens with zero attached hydrogens (tertiary/aromatic N) is 1. The van der Waals surface area contributed by atoms with Crippen LogP contribution in [0.4, 0.5) is 0 Å². The van der Waals surface area contributed by atoms with E-state index in [1.165, 1.54) is 12.8 Å². The van der Waals surface area contributed by atoms with E-state index in [9.17, 15) is 5.11 Å². The third-order valence-corrected chi connectivity index (χ3v) is 3.18. The Morgan fingerprint density at radius 1 is 1.33 bits per heavy atom. The highest BCUT2D eigenvalue weighted by molar-refractivity contribution is 14.0. The van der Waals surface area contributed by atoms with Crippen LogP contribution >= 0.6 is 24.0 Å². The van der Waals surface area contributed by atoms with Crippen molar-refractivity contribution < 1.29 is 9.84 Å². The molecule has 1 unspecified atom stereocenters. The highest BCUT2D eigenvalue weighted by Crippen LogP contribution is 2.28. The number of ether oxygens (including phenoxy) is 1. The molecule has 0 aromatic rings. The first-order chi connectivity index (χ1) is 9.61. The summed E-state index contributed by atoms with van der Waals surface area (Å²) < 4.78 is 5.46. The third kappa shape index (κ3) is 12.2. The van der Waals surface area contributed by atoms with Crippen molar-refractivity contribution in [1.29, 1.82) is 0 Å². The molecule has 0 heterocycles. The standard InChI is InChI=1S/C15H31N3O2.HI/c1-4-16-15(17-8-7-12(2)3)18-9-14(19)11-20-10-13-5-6-13;/h12-14,19H,4-11H2,1-3H3,(H2,16,17,18);1H. The van der Waals surface area contributed by atoms with Gasteiger partial charge in [0.15, 0.2) is 5.96 Å². The number of nitrogens with one attached hydrogen (secondary N) is 2. The first-order valence-corrected chi connectivity index (χ1v) is 7.89. The van der Waals surface area contributed by atoms with Gasteiger partial charge in [-0.1, -0.05) is 13.8 Å². The summed E-state index contributed by atoms with van der Waals surface area (Å²) in [6.45, 7) is 9.70. The quantitative estimate of drug-likeness (QED) is 0.291. The van der Waals surface area contributed by atoms with Crippen molar-refractivity contribution in [2.75, 3.05) is 32.8 Å². The molecule has 5 nitrogen and oxygen atoms in total. The van der Waals surface area contributed by atoms with Gasteiger partial charge in [0.1, 0.15) is 0 Å². The van der Waals surface area contributed by atoms with Crippen molar-refractivity contribution in [3.63, 3.8) is 0 Å². The lowest BCUT2D eigenvalue weighted by Crippen LogP contribution is -2.39. The normalized spacial score (nSPS) is 16.5. The Labute approximate surface area is 146 Å². The van der Waals surface area contributed by atoms with Gasteiger partial charge in [0.2, 0.25) is 0 Å². The molecule has 1 atom stereocenters. The topological polar surface area (TPSA) is 65.9 Å². The first kappa shape index (κ1) is 20.9. The molecule has 21 heavy (non-hydrogen) atoms. The van der Waals surface area contributed by atoms with Gasteiger partial charge in [-0.25, -0.2) is 0 Å². The van der Waals surface area contributed by atoms with Gasteiger partial charge < -0.3 is 20.5 Å². The zero-order valence-corrected chi connectivity index (χ0v) is 15.9. The molecule has 0 spiro atoms. The summed E-state index contributed by atoms with van der Waals surface area (Å²) in [7, 11) is 0. The van der Waals surface area contributed by atoms with Crippen molar-refractivity contribution in [1.82, 2.24) is 10.6 Å².